The zero-order chi connectivity index (χ0) is 10.6. The molecule has 1 aliphatic rings. The Morgan fingerprint density at radius 3 is 2.43 bits per heavy atom. The molecule has 0 aromatic heterocycles. The molecule has 0 heterocycles. The topological polar surface area (TPSA) is 17.1 Å². The molecular formula is C13H24O. The normalized spacial score (nSPS) is 27.6. The standard InChI is InChI=1S/C13H24O/c1-4-11(5-2)8-10-13(3)9-6-7-12(13)14/h11H,4-10H2,1-3H3. The molecule has 1 unspecified atom stereocenters. The molecule has 0 saturated heterocycles. The highest BCUT2D eigenvalue weighted by atomic mass is 16.1. The van der Waals surface area contributed by atoms with E-state index in [1.54, 1.807) is 0 Å². The minimum absolute atomic E-state index is 0.0442. The van der Waals surface area contributed by atoms with Gasteiger partial charge in [0.15, 0.2) is 0 Å². The monoisotopic (exact) mass is 196 g/mol. The summed E-state index contributed by atoms with van der Waals surface area (Å²) < 4.78 is 0. The molecule has 1 rings (SSSR count). The first-order chi connectivity index (χ1) is 6.62. The van der Waals surface area contributed by atoms with Crippen LogP contribution in [0.25, 0.3) is 0 Å². The fourth-order valence-corrected chi connectivity index (χ4v) is 2.56. The summed E-state index contributed by atoms with van der Waals surface area (Å²) in [4.78, 5) is 11.7. The van der Waals surface area contributed by atoms with Crippen LogP contribution >= 0.6 is 0 Å². The molecule has 0 radical (unpaired) electrons. The summed E-state index contributed by atoms with van der Waals surface area (Å²) in [7, 11) is 0. The van der Waals surface area contributed by atoms with Gasteiger partial charge in [0.05, 0.1) is 0 Å². The fraction of sp³-hybridized carbons (Fsp3) is 0.923. The van der Waals surface area contributed by atoms with E-state index in [1.807, 2.05) is 0 Å². The Morgan fingerprint density at radius 1 is 1.36 bits per heavy atom. The van der Waals surface area contributed by atoms with Gasteiger partial charge in [-0.1, -0.05) is 33.6 Å². The van der Waals surface area contributed by atoms with Crippen molar-refractivity contribution in [1.29, 1.82) is 0 Å². The molecule has 0 amide bonds. The van der Waals surface area contributed by atoms with Crippen LogP contribution in [0.15, 0.2) is 0 Å². The van der Waals surface area contributed by atoms with Gasteiger partial charge < -0.3 is 0 Å². The van der Waals surface area contributed by atoms with Crippen LogP contribution < -0.4 is 0 Å². The molecule has 0 aromatic rings. The lowest BCUT2D eigenvalue weighted by Gasteiger charge is -2.24. The van der Waals surface area contributed by atoms with Crippen LogP contribution in [-0.2, 0) is 4.79 Å². The largest absolute Gasteiger partial charge is 0.299 e. The van der Waals surface area contributed by atoms with Crippen LogP contribution in [-0.4, -0.2) is 5.78 Å². The molecular weight excluding hydrogens is 172 g/mol. The Labute approximate surface area is 88.3 Å². The summed E-state index contributed by atoms with van der Waals surface area (Å²) in [5, 5.41) is 0. The third kappa shape index (κ3) is 2.59. The molecule has 14 heavy (non-hydrogen) atoms. The average molecular weight is 196 g/mol. The lowest BCUT2D eigenvalue weighted by Crippen LogP contribution is -2.22. The number of carbonyl (C=O) groups excluding carboxylic acids is 1. The molecule has 1 fully saturated rings. The Morgan fingerprint density at radius 2 is 2.00 bits per heavy atom. The molecule has 0 bridgehead atoms. The minimum atomic E-state index is 0.0442. The molecule has 1 atom stereocenters. The number of carbonyl (C=O) groups is 1. The number of hydrogen-bond donors (Lipinski definition) is 0. The highest BCUT2D eigenvalue weighted by Crippen LogP contribution is 2.39. The van der Waals surface area contributed by atoms with Gasteiger partial charge in [-0.25, -0.2) is 0 Å². The van der Waals surface area contributed by atoms with Crippen molar-refractivity contribution >= 4 is 5.78 Å². The number of Topliss-reactive ketones (excluding diaryl/α,β-unsaturated/α-hetero) is 1. The van der Waals surface area contributed by atoms with Crippen molar-refractivity contribution in [2.75, 3.05) is 0 Å². The van der Waals surface area contributed by atoms with Gasteiger partial charge in [-0.2, -0.15) is 0 Å². The fourth-order valence-electron chi connectivity index (χ4n) is 2.56. The van der Waals surface area contributed by atoms with Crippen molar-refractivity contribution < 1.29 is 4.79 Å². The molecule has 82 valence electrons. The molecule has 1 heteroatoms. The van der Waals surface area contributed by atoms with Gasteiger partial charge in [0.25, 0.3) is 0 Å². The summed E-state index contributed by atoms with van der Waals surface area (Å²) >= 11 is 0. The van der Waals surface area contributed by atoms with Crippen molar-refractivity contribution in [2.24, 2.45) is 11.3 Å². The lowest BCUT2D eigenvalue weighted by molar-refractivity contribution is -0.125. The Balaban J connectivity index is 2.39. The SMILES string of the molecule is CCC(CC)CCC1(C)CCCC1=O. The molecule has 1 saturated carbocycles. The van der Waals surface area contributed by atoms with E-state index in [1.165, 1.54) is 19.3 Å². The lowest BCUT2D eigenvalue weighted by atomic mass is 9.80. The second-order valence-corrected chi connectivity index (χ2v) is 5.06. The van der Waals surface area contributed by atoms with Gasteiger partial charge in [-0.3, -0.25) is 4.79 Å². The van der Waals surface area contributed by atoms with Crippen LogP contribution in [0, 0.1) is 11.3 Å². The second kappa shape index (κ2) is 4.95. The first-order valence-electron chi connectivity index (χ1n) is 6.15. The van der Waals surface area contributed by atoms with Crippen LogP contribution in [0.2, 0.25) is 0 Å². The first kappa shape index (κ1) is 11.7. The van der Waals surface area contributed by atoms with E-state index in [0.29, 0.717) is 5.78 Å². The summed E-state index contributed by atoms with van der Waals surface area (Å²) in [5.74, 6) is 1.35. The van der Waals surface area contributed by atoms with Crippen molar-refractivity contribution in [1.82, 2.24) is 0 Å². The molecule has 1 aliphatic carbocycles. The van der Waals surface area contributed by atoms with E-state index >= 15 is 0 Å². The molecule has 0 spiro atoms. The smallest absolute Gasteiger partial charge is 0.138 e. The first-order valence-corrected chi connectivity index (χ1v) is 6.15. The van der Waals surface area contributed by atoms with Gasteiger partial charge in [0.1, 0.15) is 5.78 Å². The predicted molar refractivity (Wildman–Crippen MR) is 60.3 cm³/mol. The Hall–Kier alpha value is -0.330. The summed E-state index contributed by atoms with van der Waals surface area (Å²) in [6.45, 7) is 6.69. The van der Waals surface area contributed by atoms with E-state index in [0.717, 1.165) is 31.6 Å². The van der Waals surface area contributed by atoms with E-state index in [4.69, 9.17) is 0 Å². The van der Waals surface area contributed by atoms with Crippen molar-refractivity contribution in [2.45, 2.75) is 65.7 Å². The maximum Gasteiger partial charge on any atom is 0.138 e. The van der Waals surface area contributed by atoms with E-state index in [-0.39, 0.29) is 5.41 Å². The van der Waals surface area contributed by atoms with E-state index < -0.39 is 0 Å². The van der Waals surface area contributed by atoms with Gasteiger partial charge in [0.2, 0.25) is 0 Å². The van der Waals surface area contributed by atoms with Crippen molar-refractivity contribution in [3.8, 4) is 0 Å². The van der Waals surface area contributed by atoms with Crippen LogP contribution in [0.3, 0.4) is 0 Å². The van der Waals surface area contributed by atoms with Crippen molar-refractivity contribution in [3.63, 3.8) is 0 Å². The highest BCUT2D eigenvalue weighted by Gasteiger charge is 2.36. The van der Waals surface area contributed by atoms with Gasteiger partial charge in [0, 0.05) is 11.8 Å². The number of ketones is 1. The van der Waals surface area contributed by atoms with Gasteiger partial charge in [-0.15, -0.1) is 0 Å². The quantitative estimate of drug-likeness (QED) is 0.650. The third-order valence-electron chi connectivity index (χ3n) is 4.06. The maximum absolute atomic E-state index is 11.7. The summed E-state index contributed by atoms with van der Waals surface area (Å²) in [6.07, 6.45) is 7.98. The predicted octanol–water partition coefficient (Wildman–Crippen LogP) is 3.96. The maximum atomic E-state index is 11.7. The Kier molecular flexibility index (Phi) is 4.15. The molecule has 1 nitrogen and oxygen atoms in total. The molecule has 0 aliphatic heterocycles. The van der Waals surface area contributed by atoms with Crippen molar-refractivity contribution in [3.05, 3.63) is 0 Å². The van der Waals surface area contributed by atoms with E-state index in [2.05, 4.69) is 20.8 Å². The summed E-state index contributed by atoms with van der Waals surface area (Å²) in [6, 6.07) is 0. The zero-order valence-electron chi connectivity index (χ0n) is 9.94. The Bertz CT molecular complexity index is 193. The second-order valence-electron chi connectivity index (χ2n) is 5.06. The van der Waals surface area contributed by atoms with Gasteiger partial charge in [-0.05, 0) is 31.6 Å². The average Bonchev–Trinajstić information content (AvgIpc) is 2.49. The minimum Gasteiger partial charge on any atom is -0.299 e. The van der Waals surface area contributed by atoms with Crippen LogP contribution in [0.5, 0.6) is 0 Å². The van der Waals surface area contributed by atoms with E-state index in [9.17, 15) is 4.79 Å². The summed E-state index contributed by atoms with van der Waals surface area (Å²) in [5.41, 5.74) is 0.0442. The van der Waals surface area contributed by atoms with Crippen LogP contribution in [0.4, 0.5) is 0 Å². The zero-order valence-corrected chi connectivity index (χ0v) is 9.94. The number of hydrogen-bond acceptors (Lipinski definition) is 1. The van der Waals surface area contributed by atoms with Crippen LogP contribution in [0.1, 0.15) is 65.7 Å². The number of rotatable bonds is 5. The molecule has 0 N–H and O–H groups in total. The van der Waals surface area contributed by atoms with Gasteiger partial charge >= 0.3 is 0 Å². The third-order valence-corrected chi connectivity index (χ3v) is 4.06. The highest BCUT2D eigenvalue weighted by molar-refractivity contribution is 5.86. The molecule has 0 aromatic carbocycles.